The number of anilines is 3. The Morgan fingerprint density at radius 1 is 1.06 bits per heavy atom. The second-order valence-electron chi connectivity index (χ2n) is 8.08. The number of carbonyl (C=O) groups is 3. The van der Waals surface area contributed by atoms with E-state index in [2.05, 4.69) is 25.3 Å². The molecule has 0 aliphatic rings. The van der Waals surface area contributed by atoms with E-state index >= 15 is 0 Å². The molecule has 0 saturated carbocycles. The topological polar surface area (TPSA) is 196 Å². The smallest absolute Gasteiger partial charge is 0.548 e. The van der Waals surface area contributed by atoms with Crippen molar-refractivity contribution >= 4 is 46.4 Å². The van der Waals surface area contributed by atoms with Crippen molar-refractivity contribution in [3.05, 3.63) is 41.7 Å². The van der Waals surface area contributed by atoms with Crippen molar-refractivity contribution in [1.82, 2.24) is 30.2 Å². The van der Waals surface area contributed by atoms with Crippen LogP contribution in [0.1, 0.15) is 28.9 Å². The van der Waals surface area contributed by atoms with Gasteiger partial charge in [-0.1, -0.05) is 0 Å². The number of fused-ring (bicyclic) bond motifs is 1. The Hall–Kier alpha value is -3.55. The molecule has 0 spiro atoms. The van der Waals surface area contributed by atoms with Crippen LogP contribution in [0, 0.1) is 0 Å². The van der Waals surface area contributed by atoms with Gasteiger partial charge in [0, 0.05) is 38.8 Å². The molecule has 2 amide bonds. The minimum Gasteiger partial charge on any atom is -0.548 e. The number of amides is 2. The Balaban J connectivity index is 0.00000456. The fourth-order valence-corrected chi connectivity index (χ4v) is 3.24. The molecule has 0 bridgehead atoms. The van der Waals surface area contributed by atoms with Crippen LogP contribution in [0.2, 0.25) is 0 Å². The Kier molecular flexibility index (Phi) is 9.90. The molecular formula is C22H26N9NaO4. The summed E-state index contributed by atoms with van der Waals surface area (Å²) in [5.74, 6) is -2.12. The molecule has 2 aromatic heterocycles. The Morgan fingerprint density at radius 3 is 2.33 bits per heavy atom. The number of carboxylic acids is 1. The molecule has 3 rings (SSSR count). The predicted molar refractivity (Wildman–Crippen MR) is 127 cm³/mol. The van der Waals surface area contributed by atoms with Crippen molar-refractivity contribution in [2.45, 2.75) is 25.4 Å². The zero-order valence-corrected chi connectivity index (χ0v) is 22.6. The van der Waals surface area contributed by atoms with Crippen LogP contribution in [0.25, 0.3) is 11.2 Å². The third-order valence-electron chi connectivity index (χ3n) is 5.21. The van der Waals surface area contributed by atoms with Crippen molar-refractivity contribution in [2.24, 2.45) is 0 Å². The molecule has 14 heteroatoms. The number of hydrogen-bond donors (Lipinski definition) is 3. The normalized spacial score (nSPS) is 11.3. The third-order valence-corrected chi connectivity index (χ3v) is 5.21. The molecule has 184 valence electrons. The molecule has 2 heterocycles. The number of aromatic nitrogens is 4. The van der Waals surface area contributed by atoms with Crippen molar-refractivity contribution < 1.29 is 49.0 Å². The number of carbonyl (C=O) groups excluding carboxylic acids is 3. The number of nitrogens with one attached hydrogen (secondary N) is 1. The van der Waals surface area contributed by atoms with Gasteiger partial charge < -0.3 is 36.5 Å². The predicted octanol–water partition coefficient (Wildman–Crippen LogP) is -4.06. The van der Waals surface area contributed by atoms with Gasteiger partial charge in [-0.15, -0.1) is 0 Å². The van der Waals surface area contributed by atoms with E-state index in [1.807, 2.05) is 11.9 Å². The molecular weight excluding hydrogens is 477 g/mol. The summed E-state index contributed by atoms with van der Waals surface area (Å²) < 4.78 is 0. The van der Waals surface area contributed by atoms with Gasteiger partial charge in [0.15, 0.2) is 17.0 Å². The second-order valence-corrected chi connectivity index (χ2v) is 8.08. The first-order valence-corrected chi connectivity index (χ1v) is 10.6. The average Bonchev–Trinajstić information content (AvgIpc) is 2.81. The van der Waals surface area contributed by atoms with Crippen LogP contribution in [-0.2, 0) is 16.1 Å². The minimum absolute atomic E-state index is 0. The average molecular weight is 503 g/mol. The van der Waals surface area contributed by atoms with Gasteiger partial charge in [-0.2, -0.15) is 9.97 Å². The molecule has 36 heavy (non-hydrogen) atoms. The van der Waals surface area contributed by atoms with Gasteiger partial charge in [0.2, 0.25) is 11.9 Å². The summed E-state index contributed by atoms with van der Waals surface area (Å²) in [5, 5.41) is 13.8. The summed E-state index contributed by atoms with van der Waals surface area (Å²) in [6.45, 7) is 0.380. The third kappa shape index (κ3) is 7.23. The number of nitrogens with zero attached hydrogens (tertiary/aromatic N) is 6. The Labute approximate surface area is 229 Å². The van der Waals surface area contributed by atoms with E-state index in [1.165, 1.54) is 4.90 Å². The maximum absolute atomic E-state index is 12.5. The second kappa shape index (κ2) is 12.4. The zero-order valence-electron chi connectivity index (χ0n) is 20.6. The molecule has 1 aromatic carbocycles. The summed E-state index contributed by atoms with van der Waals surface area (Å²) in [7, 11) is 4.97. The number of nitrogens with two attached hydrogens (primary N) is 2. The molecule has 0 radical (unpaired) electrons. The van der Waals surface area contributed by atoms with Crippen LogP contribution in [0.3, 0.4) is 0 Å². The summed E-state index contributed by atoms with van der Waals surface area (Å²) >= 11 is 0. The number of benzene rings is 1. The van der Waals surface area contributed by atoms with E-state index in [0.29, 0.717) is 23.4 Å². The molecule has 0 fully saturated rings. The molecule has 0 saturated heterocycles. The van der Waals surface area contributed by atoms with Crippen LogP contribution < -0.4 is 56.3 Å². The number of carboxylic acid groups (broad SMARTS) is 1. The molecule has 5 N–H and O–H groups in total. The fraction of sp³-hybridized carbons (Fsp3) is 0.318. The van der Waals surface area contributed by atoms with E-state index in [1.54, 1.807) is 44.6 Å². The Morgan fingerprint density at radius 2 is 1.72 bits per heavy atom. The molecule has 0 unspecified atom stereocenters. The molecule has 13 nitrogen and oxygen atoms in total. The van der Waals surface area contributed by atoms with Crippen LogP contribution in [0.15, 0.2) is 30.5 Å². The standard InChI is InChI=1S/C22H27N9O4.Na/c1-30(2)16(32)9-8-15(21(34)35)27-20(33)12-4-6-14(7-5-12)31(3)11-13-10-25-19-17(26-13)18(23)28-22(24)29-19;/h4-7,10,15H,8-9,11H2,1-3H3,(H,27,33)(H,34,35)(H4,23,24,25,28,29);/q;+1/p-1/t15-;/m0./s1. The summed E-state index contributed by atoms with van der Waals surface area (Å²) in [6, 6.07) is 5.28. The summed E-state index contributed by atoms with van der Waals surface area (Å²) in [5.41, 5.74) is 13.8. The van der Waals surface area contributed by atoms with E-state index in [-0.39, 0.29) is 65.6 Å². The maximum Gasteiger partial charge on any atom is 1.00 e. The zero-order chi connectivity index (χ0) is 25.7. The minimum atomic E-state index is -1.45. The first-order chi connectivity index (χ1) is 16.5. The quantitative estimate of drug-likeness (QED) is 0.240. The Bertz CT molecular complexity index is 1250. The van der Waals surface area contributed by atoms with Crippen LogP contribution in [0.5, 0.6) is 0 Å². The SMILES string of the molecule is CN(C)C(=O)CC[C@H](NC(=O)c1ccc(N(C)Cc2cnc3nc(N)nc(N)c3n2)cc1)C(=O)[O-].[Na+]. The van der Waals surface area contributed by atoms with Gasteiger partial charge >= 0.3 is 29.6 Å². The summed E-state index contributed by atoms with van der Waals surface area (Å²) in [6.07, 6.45) is 1.47. The van der Waals surface area contributed by atoms with Gasteiger partial charge in [-0.25, -0.2) is 9.97 Å². The van der Waals surface area contributed by atoms with Gasteiger partial charge in [0.05, 0.1) is 30.4 Å². The largest absolute Gasteiger partial charge is 1.00 e. The van der Waals surface area contributed by atoms with Gasteiger partial charge in [-0.05, 0) is 30.7 Å². The van der Waals surface area contributed by atoms with Crippen molar-refractivity contribution in [1.29, 1.82) is 0 Å². The van der Waals surface area contributed by atoms with Gasteiger partial charge in [-0.3, -0.25) is 9.59 Å². The first-order valence-electron chi connectivity index (χ1n) is 10.6. The van der Waals surface area contributed by atoms with Crippen LogP contribution in [-0.4, -0.2) is 69.8 Å². The monoisotopic (exact) mass is 503 g/mol. The fourth-order valence-electron chi connectivity index (χ4n) is 3.24. The van der Waals surface area contributed by atoms with Crippen molar-refractivity contribution in [3.63, 3.8) is 0 Å². The van der Waals surface area contributed by atoms with E-state index in [9.17, 15) is 19.5 Å². The molecule has 0 aliphatic heterocycles. The molecule has 1 atom stereocenters. The van der Waals surface area contributed by atoms with Gasteiger partial charge in [0.25, 0.3) is 5.91 Å². The maximum atomic E-state index is 12.5. The molecule has 0 aliphatic carbocycles. The number of aliphatic carboxylic acids is 1. The van der Waals surface area contributed by atoms with Crippen molar-refractivity contribution in [2.75, 3.05) is 37.5 Å². The van der Waals surface area contributed by atoms with E-state index in [4.69, 9.17) is 11.5 Å². The van der Waals surface area contributed by atoms with E-state index in [0.717, 1.165) is 5.69 Å². The summed E-state index contributed by atoms with van der Waals surface area (Å²) in [4.78, 5) is 55.5. The number of hydrogen-bond acceptors (Lipinski definition) is 11. The first kappa shape index (κ1) is 28.7. The van der Waals surface area contributed by atoms with Gasteiger partial charge in [0.1, 0.15) is 0 Å². The van der Waals surface area contributed by atoms with Crippen LogP contribution in [0.4, 0.5) is 17.5 Å². The van der Waals surface area contributed by atoms with Crippen LogP contribution >= 0.6 is 0 Å². The number of rotatable bonds is 9. The van der Waals surface area contributed by atoms with E-state index < -0.39 is 17.9 Å². The molecule has 3 aromatic rings. The number of nitrogen functional groups attached to an aromatic ring is 2. The van der Waals surface area contributed by atoms with Crippen molar-refractivity contribution in [3.8, 4) is 0 Å².